The Kier molecular flexibility index (Phi) is 7.12. The van der Waals surface area contributed by atoms with Crippen LogP contribution < -0.4 is 10.1 Å². The Morgan fingerprint density at radius 1 is 1.04 bits per heavy atom. The first-order valence-electron chi connectivity index (χ1n) is 8.76. The molecule has 1 saturated heterocycles. The van der Waals surface area contributed by atoms with Crippen molar-refractivity contribution in [3.8, 4) is 5.75 Å². The van der Waals surface area contributed by atoms with Crippen molar-refractivity contribution < 1.29 is 9.47 Å². The van der Waals surface area contributed by atoms with E-state index in [1.165, 1.54) is 5.56 Å². The van der Waals surface area contributed by atoms with Crippen molar-refractivity contribution in [2.75, 3.05) is 39.4 Å². The van der Waals surface area contributed by atoms with Crippen molar-refractivity contribution in [2.45, 2.75) is 13.2 Å². The molecule has 1 aliphatic heterocycles. The first kappa shape index (κ1) is 18.2. The van der Waals surface area contributed by atoms with Gasteiger partial charge in [-0.05, 0) is 35.4 Å². The van der Waals surface area contributed by atoms with Crippen LogP contribution in [-0.2, 0) is 17.9 Å². The van der Waals surface area contributed by atoms with E-state index < -0.39 is 0 Å². The maximum Gasteiger partial charge on any atom is 0.120 e. The third-order valence-electron chi connectivity index (χ3n) is 4.25. The van der Waals surface area contributed by atoms with Gasteiger partial charge in [-0.2, -0.15) is 0 Å². The fourth-order valence-corrected chi connectivity index (χ4v) is 2.91. The molecule has 2 aromatic rings. The lowest BCUT2D eigenvalue weighted by Crippen LogP contribution is -2.40. The molecule has 0 atom stereocenters. The molecule has 0 aromatic heterocycles. The SMILES string of the molecule is Clc1ccc(COc2cccc(CNCCN3CCOCC3)c2)cc1. The topological polar surface area (TPSA) is 33.7 Å². The average molecular weight is 361 g/mol. The van der Waals surface area contributed by atoms with Crippen LogP contribution in [0.4, 0.5) is 0 Å². The summed E-state index contributed by atoms with van der Waals surface area (Å²) in [6, 6.07) is 16.0. The summed E-state index contributed by atoms with van der Waals surface area (Å²) in [4.78, 5) is 2.43. The Balaban J connectivity index is 1.40. The summed E-state index contributed by atoms with van der Waals surface area (Å²) in [7, 11) is 0. The number of rotatable bonds is 8. The third kappa shape index (κ3) is 6.33. The average Bonchev–Trinajstić information content (AvgIpc) is 2.66. The Hall–Kier alpha value is -1.59. The van der Waals surface area contributed by atoms with E-state index in [1.54, 1.807) is 0 Å². The number of morpholine rings is 1. The zero-order valence-electron chi connectivity index (χ0n) is 14.4. The molecule has 3 rings (SSSR count). The normalized spacial score (nSPS) is 15.2. The van der Waals surface area contributed by atoms with Gasteiger partial charge in [0, 0.05) is 37.7 Å². The van der Waals surface area contributed by atoms with Crippen LogP contribution in [-0.4, -0.2) is 44.3 Å². The van der Waals surface area contributed by atoms with Gasteiger partial charge in [0.05, 0.1) is 13.2 Å². The Morgan fingerprint density at radius 3 is 2.64 bits per heavy atom. The molecule has 0 saturated carbocycles. The Bertz CT molecular complexity index is 642. The van der Waals surface area contributed by atoms with Gasteiger partial charge < -0.3 is 14.8 Å². The number of ether oxygens (including phenoxy) is 2. The molecule has 0 spiro atoms. The van der Waals surface area contributed by atoms with Crippen LogP contribution in [0.2, 0.25) is 5.02 Å². The van der Waals surface area contributed by atoms with Crippen LogP contribution in [0.3, 0.4) is 0 Å². The number of benzene rings is 2. The molecule has 4 nitrogen and oxygen atoms in total. The minimum Gasteiger partial charge on any atom is -0.489 e. The van der Waals surface area contributed by atoms with Gasteiger partial charge in [-0.3, -0.25) is 4.90 Å². The molecule has 1 aliphatic rings. The molecule has 2 aromatic carbocycles. The molecule has 134 valence electrons. The maximum absolute atomic E-state index is 5.90. The van der Waals surface area contributed by atoms with Crippen molar-refractivity contribution in [2.24, 2.45) is 0 Å². The summed E-state index contributed by atoms with van der Waals surface area (Å²) in [5.74, 6) is 0.891. The van der Waals surface area contributed by atoms with E-state index in [2.05, 4.69) is 22.3 Å². The number of nitrogens with one attached hydrogen (secondary N) is 1. The molecule has 0 aliphatic carbocycles. The molecule has 0 bridgehead atoms. The predicted molar refractivity (Wildman–Crippen MR) is 101 cm³/mol. The highest BCUT2D eigenvalue weighted by Crippen LogP contribution is 2.16. The van der Waals surface area contributed by atoms with Crippen molar-refractivity contribution in [1.82, 2.24) is 10.2 Å². The first-order valence-corrected chi connectivity index (χ1v) is 9.14. The van der Waals surface area contributed by atoms with Crippen LogP contribution in [0.25, 0.3) is 0 Å². The highest BCUT2D eigenvalue weighted by Gasteiger charge is 2.09. The van der Waals surface area contributed by atoms with E-state index in [9.17, 15) is 0 Å². The molecule has 5 heteroatoms. The van der Waals surface area contributed by atoms with E-state index in [4.69, 9.17) is 21.1 Å². The van der Waals surface area contributed by atoms with Gasteiger partial charge in [-0.25, -0.2) is 0 Å². The van der Waals surface area contributed by atoms with E-state index in [1.807, 2.05) is 36.4 Å². The number of hydrogen-bond acceptors (Lipinski definition) is 4. The molecule has 0 unspecified atom stereocenters. The summed E-state index contributed by atoms with van der Waals surface area (Å²) >= 11 is 5.90. The van der Waals surface area contributed by atoms with Gasteiger partial charge in [-0.15, -0.1) is 0 Å². The quantitative estimate of drug-likeness (QED) is 0.732. The van der Waals surface area contributed by atoms with E-state index in [0.29, 0.717) is 6.61 Å². The van der Waals surface area contributed by atoms with E-state index in [-0.39, 0.29) is 0 Å². The molecule has 1 N–H and O–H groups in total. The van der Waals surface area contributed by atoms with Crippen molar-refractivity contribution in [1.29, 1.82) is 0 Å². The monoisotopic (exact) mass is 360 g/mol. The second-order valence-corrected chi connectivity index (χ2v) is 6.63. The van der Waals surface area contributed by atoms with E-state index in [0.717, 1.165) is 62.3 Å². The van der Waals surface area contributed by atoms with Crippen LogP contribution in [0, 0.1) is 0 Å². The number of halogens is 1. The largest absolute Gasteiger partial charge is 0.489 e. The van der Waals surface area contributed by atoms with Crippen LogP contribution in [0.5, 0.6) is 5.75 Å². The summed E-state index contributed by atoms with van der Waals surface area (Å²) in [5.41, 5.74) is 2.34. The highest BCUT2D eigenvalue weighted by atomic mass is 35.5. The minimum absolute atomic E-state index is 0.547. The zero-order valence-corrected chi connectivity index (χ0v) is 15.2. The predicted octanol–water partition coefficient (Wildman–Crippen LogP) is 3.34. The smallest absolute Gasteiger partial charge is 0.120 e. The lowest BCUT2D eigenvalue weighted by Gasteiger charge is -2.26. The van der Waals surface area contributed by atoms with Gasteiger partial charge in [0.25, 0.3) is 0 Å². The lowest BCUT2D eigenvalue weighted by molar-refractivity contribution is 0.0384. The van der Waals surface area contributed by atoms with Crippen LogP contribution in [0.15, 0.2) is 48.5 Å². The van der Waals surface area contributed by atoms with Crippen molar-refractivity contribution in [3.63, 3.8) is 0 Å². The van der Waals surface area contributed by atoms with Gasteiger partial charge in [-0.1, -0.05) is 35.9 Å². The van der Waals surface area contributed by atoms with Crippen LogP contribution in [0.1, 0.15) is 11.1 Å². The van der Waals surface area contributed by atoms with Gasteiger partial charge in [0.15, 0.2) is 0 Å². The van der Waals surface area contributed by atoms with Gasteiger partial charge in [0.2, 0.25) is 0 Å². The first-order chi connectivity index (χ1) is 12.3. The maximum atomic E-state index is 5.90. The molecule has 1 fully saturated rings. The van der Waals surface area contributed by atoms with Gasteiger partial charge in [0.1, 0.15) is 12.4 Å². The fraction of sp³-hybridized carbons (Fsp3) is 0.400. The molecular formula is C20H25ClN2O2. The minimum atomic E-state index is 0.547. The fourth-order valence-electron chi connectivity index (χ4n) is 2.79. The Labute approximate surface area is 154 Å². The zero-order chi connectivity index (χ0) is 17.3. The standard InChI is InChI=1S/C20H25ClN2O2/c21-19-6-4-17(5-7-19)16-25-20-3-1-2-18(14-20)15-22-8-9-23-10-12-24-13-11-23/h1-7,14,22H,8-13,15-16H2. The van der Waals surface area contributed by atoms with Gasteiger partial charge >= 0.3 is 0 Å². The molecule has 0 amide bonds. The Morgan fingerprint density at radius 2 is 1.84 bits per heavy atom. The molecule has 0 radical (unpaired) electrons. The molecular weight excluding hydrogens is 336 g/mol. The molecule has 25 heavy (non-hydrogen) atoms. The van der Waals surface area contributed by atoms with Crippen molar-refractivity contribution in [3.05, 3.63) is 64.7 Å². The number of nitrogens with zero attached hydrogens (tertiary/aromatic N) is 1. The highest BCUT2D eigenvalue weighted by molar-refractivity contribution is 6.30. The molecule has 1 heterocycles. The third-order valence-corrected chi connectivity index (χ3v) is 4.51. The van der Waals surface area contributed by atoms with Crippen molar-refractivity contribution >= 4 is 11.6 Å². The second-order valence-electron chi connectivity index (χ2n) is 6.19. The summed E-state index contributed by atoms with van der Waals surface area (Å²) < 4.78 is 11.2. The summed E-state index contributed by atoms with van der Waals surface area (Å²) in [6.45, 7) is 7.23. The lowest BCUT2D eigenvalue weighted by atomic mass is 10.2. The van der Waals surface area contributed by atoms with E-state index >= 15 is 0 Å². The second kappa shape index (κ2) is 9.78. The summed E-state index contributed by atoms with van der Waals surface area (Å²) in [6.07, 6.45) is 0. The number of hydrogen-bond donors (Lipinski definition) is 1. The summed E-state index contributed by atoms with van der Waals surface area (Å²) in [5, 5.41) is 4.25. The van der Waals surface area contributed by atoms with Crippen LogP contribution >= 0.6 is 11.6 Å².